The Morgan fingerprint density at radius 3 is 2.28 bits per heavy atom. The zero-order chi connectivity index (χ0) is 27.1. The number of sulfonamides is 1. The van der Waals surface area contributed by atoms with Gasteiger partial charge in [-0.1, -0.05) is 36.4 Å². The molecule has 3 aromatic rings. The lowest BCUT2D eigenvalue weighted by atomic mass is 9.99. The summed E-state index contributed by atoms with van der Waals surface area (Å²) in [6.07, 6.45) is 0.508. The number of carbonyl (C=O) groups excluding carboxylic acids is 2. The molecule has 0 fully saturated rings. The first-order chi connectivity index (χ1) is 18.3. The summed E-state index contributed by atoms with van der Waals surface area (Å²) in [5.74, 6) is -0.472. The summed E-state index contributed by atoms with van der Waals surface area (Å²) in [5, 5.41) is 11.9. The summed E-state index contributed by atoms with van der Waals surface area (Å²) in [5.41, 5.74) is 4.67. The second-order valence-electron chi connectivity index (χ2n) is 8.77. The number of nitrogens with one attached hydrogen (secondary N) is 5. The van der Waals surface area contributed by atoms with Crippen LogP contribution < -0.4 is 26.0 Å². The maximum Gasteiger partial charge on any atom is 0.258 e. The molecule has 3 aromatic carbocycles. The molecule has 0 saturated heterocycles. The molecule has 5 N–H and O–H groups in total. The molecule has 2 amide bonds. The molecular formula is C28H32ClN5O4S. The summed E-state index contributed by atoms with van der Waals surface area (Å²) in [6.45, 7) is 2.97. The third kappa shape index (κ3) is 7.38. The van der Waals surface area contributed by atoms with Crippen molar-refractivity contribution in [3.63, 3.8) is 0 Å². The topological polar surface area (TPSA) is 128 Å². The molecule has 0 unspecified atom stereocenters. The summed E-state index contributed by atoms with van der Waals surface area (Å²) >= 11 is 0. The van der Waals surface area contributed by atoms with Crippen LogP contribution in [0.3, 0.4) is 0 Å². The number of carbonyl (C=O) groups is 2. The van der Waals surface area contributed by atoms with Gasteiger partial charge in [0, 0.05) is 34.7 Å². The molecule has 0 aromatic heterocycles. The van der Waals surface area contributed by atoms with Gasteiger partial charge in [-0.15, -0.1) is 12.4 Å². The third-order valence-corrected chi connectivity index (χ3v) is 7.32. The highest BCUT2D eigenvalue weighted by Crippen LogP contribution is 2.38. The Balaban J connectivity index is 0.00000420. The lowest BCUT2D eigenvalue weighted by molar-refractivity contribution is -0.110. The zero-order valence-electron chi connectivity index (χ0n) is 21.7. The first kappa shape index (κ1) is 29.7. The first-order valence-corrected chi connectivity index (χ1v) is 14.0. The van der Waals surface area contributed by atoms with Crippen LogP contribution in [0.4, 0.5) is 17.1 Å². The Kier molecular flexibility index (Phi) is 10.1. The van der Waals surface area contributed by atoms with Gasteiger partial charge in [0.25, 0.3) is 11.8 Å². The minimum absolute atomic E-state index is 0. The van der Waals surface area contributed by atoms with Gasteiger partial charge in [-0.05, 0) is 68.9 Å². The van der Waals surface area contributed by atoms with Gasteiger partial charge in [0.05, 0.1) is 17.0 Å². The number of amides is 2. The van der Waals surface area contributed by atoms with Crippen molar-refractivity contribution in [3.8, 4) is 0 Å². The van der Waals surface area contributed by atoms with Gasteiger partial charge in [-0.2, -0.15) is 0 Å². The van der Waals surface area contributed by atoms with E-state index in [2.05, 4.69) is 26.0 Å². The van der Waals surface area contributed by atoms with Crippen molar-refractivity contribution in [3.05, 3.63) is 89.5 Å². The van der Waals surface area contributed by atoms with E-state index in [1.54, 1.807) is 49.5 Å². The van der Waals surface area contributed by atoms with Gasteiger partial charge in [0.15, 0.2) is 0 Å². The minimum Gasteiger partial charge on any atom is -0.354 e. The molecule has 9 nitrogen and oxygen atoms in total. The van der Waals surface area contributed by atoms with Crippen molar-refractivity contribution in [2.24, 2.45) is 0 Å². The molecule has 0 radical (unpaired) electrons. The highest BCUT2D eigenvalue weighted by atomic mass is 35.5. The van der Waals surface area contributed by atoms with Gasteiger partial charge >= 0.3 is 0 Å². The van der Waals surface area contributed by atoms with Crippen molar-refractivity contribution >= 4 is 62.6 Å². The summed E-state index contributed by atoms with van der Waals surface area (Å²) in [4.78, 5) is 25.5. The lowest BCUT2D eigenvalue weighted by Crippen LogP contribution is -2.22. The molecule has 0 aliphatic carbocycles. The lowest BCUT2D eigenvalue weighted by Gasteiger charge is -2.15. The monoisotopic (exact) mass is 569 g/mol. The Morgan fingerprint density at radius 2 is 1.62 bits per heavy atom. The smallest absolute Gasteiger partial charge is 0.258 e. The van der Waals surface area contributed by atoms with E-state index >= 15 is 0 Å². The Labute approximate surface area is 234 Å². The molecule has 1 aliphatic rings. The molecule has 206 valence electrons. The van der Waals surface area contributed by atoms with E-state index in [-0.39, 0.29) is 30.0 Å². The van der Waals surface area contributed by atoms with E-state index in [0.29, 0.717) is 59.0 Å². The highest BCUT2D eigenvalue weighted by Gasteiger charge is 2.29. The summed E-state index contributed by atoms with van der Waals surface area (Å²) < 4.78 is 27.2. The fraction of sp³-hybridized carbons (Fsp3) is 0.214. The Hall–Kier alpha value is -3.86. The van der Waals surface area contributed by atoms with Crippen LogP contribution >= 0.6 is 12.4 Å². The Morgan fingerprint density at radius 1 is 0.923 bits per heavy atom. The van der Waals surface area contributed by atoms with Gasteiger partial charge in [-0.25, -0.2) is 8.42 Å². The second kappa shape index (κ2) is 13.3. The number of halogens is 1. The average Bonchev–Trinajstić information content (AvgIpc) is 3.23. The largest absolute Gasteiger partial charge is 0.354 e. The maximum absolute atomic E-state index is 13.2. The van der Waals surface area contributed by atoms with Crippen LogP contribution in [0.1, 0.15) is 34.8 Å². The maximum atomic E-state index is 13.2. The van der Waals surface area contributed by atoms with Crippen LogP contribution in [0.5, 0.6) is 0 Å². The predicted molar refractivity (Wildman–Crippen MR) is 160 cm³/mol. The van der Waals surface area contributed by atoms with Crippen molar-refractivity contribution in [1.82, 2.24) is 10.6 Å². The molecule has 1 aliphatic heterocycles. The third-order valence-electron chi connectivity index (χ3n) is 5.94. The molecule has 11 heteroatoms. The summed E-state index contributed by atoms with van der Waals surface area (Å²) in [7, 11) is -1.67. The van der Waals surface area contributed by atoms with E-state index in [4.69, 9.17) is 0 Å². The van der Waals surface area contributed by atoms with E-state index in [0.717, 1.165) is 5.56 Å². The van der Waals surface area contributed by atoms with E-state index in [1.807, 2.05) is 37.3 Å². The van der Waals surface area contributed by atoms with Crippen LogP contribution in [0.2, 0.25) is 0 Å². The van der Waals surface area contributed by atoms with Crippen LogP contribution in [-0.2, 0) is 14.8 Å². The molecule has 0 atom stereocenters. The summed E-state index contributed by atoms with van der Waals surface area (Å²) in [6, 6.07) is 21.4. The van der Waals surface area contributed by atoms with Gasteiger partial charge in [0.1, 0.15) is 0 Å². The number of rotatable bonds is 11. The van der Waals surface area contributed by atoms with Crippen molar-refractivity contribution < 1.29 is 18.0 Å². The number of hydrogen-bond donors (Lipinski definition) is 5. The number of hydrogen-bond acceptors (Lipinski definition) is 6. The molecular weight excluding hydrogens is 538 g/mol. The van der Waals surface area contributed by atoms with Crippen LogP contribution in [0.25, 0.3) is 11.3 Å². The van der Waals surface area contributed by atoms with Crippen molar-refractivity contribution in [1.29, 1.82) is 0 Å². The second-order valence-corrected chi connectivity index (χ2v) is 10.6. The molecule has 1 heterocycles. The number of fused-ring (bicyclic) bond motifs is 1. The molecule has 0 bridgehead atoms. The number of benzene rings is 3. The molecule has 4 rings (SSSR count). The van der Waals surface area contributed by atoms with Gasteiger partial charge in [0.2, 0.25) is 10.0 Å². The van der Waals surface area contributed by atoms with Crippen LogP contribution in [-0.4, -0.2) is 46.1 Å². The molecule has 0 spiro atoms. The fourth-order valence-corrected chi connectivity index (χ4v) is 5.27. The van der Waals surface area contributed by atoms with E-state index < -0.39 is 10.0 Å². The standard InChI is InChI=1S/C28H31N5O4S.ClH/c1-3-30-27(34)20-10-15-23-24(18-20)32-28(35)25(23)26(19-8-5-4-6-9-19)31-21-11-13-22(14-12-21)33-38(36,37)17-7-16-29-2;/h4-6,8-15,18,29,31,33H,3,7,16-17H2,1-2H3,(H,30,34)(H,32,35);1H/b26-25-;. The first-order valence-electron chi connectivity index (χ1n) is 12.4. The molecule has 0 saturated carbocycles. The van der Waals surface area contributed by atoms with Gasteiger partial charge in [-0.3, -0.25) is 14.3 Å². The van der Waals surface area contributed by atoms with Gasteiger partial charge < -0.3 is 21.3 Å². The zero-order valence-corrected chi connectivity index (χ0v) is 23.3. The molecule has 39 heavy (non-hydrogen) atoms. The van der Waals surface area contributed by atoms with E-state index in [1.165, 1.54) is 0 Å². The average molecular weight is 570 g/mol. The SMILES string of the molecule is CCNC(=O)c1ccc2c(c1)NC(=O)/C2=C(\Nc1ccc(NS(=O)(=O)CCCNC)cc1)c1ccccc1.Cl. The van der Waals surface area contributed by atoms with Crippen molar-refractivity contribution in [2.75, 3.05) is 41.2 Å². The fourth-order valence-electron chi connectivity index (χ4n) is 4.14. The minimum atomic E-state index is -3.45. The van der Waals surface area contributed by atoms with Crippen molar-refractivity contribution in [2.45, 2.75) is 13.3 Å². The highest BCUT2D eigenvalue weighted by molar-refractivity contribution is 7.92. The van der Waals surface area contributed by atoms with Crippen LogP contribution in [0.15, 0.2) is 72.8 Å². The predicted octanol–water partition coefficient (Wildman–Crippen LogP) is 4.14. The van der Waals surface area contributed by atoms with E-state index in [9.17, 15) is 18.0 Å². The number of anilines is 3. The quantitative estimate of drug-likeness (QED) is 0.174. The normalized spacial score (nSPS) is 13.5. The Bertz CT molecular complexity index is 1460. The van der Waals surface area contributed by atoms with Crippen LogP contribution in [0, 0.1) is 0 Å².